The number of nitrogens with one attached hydrogen (secondary N) is 1. The van der Waals surface area contributed by atoms with Gasteiger partial charge in [0.15, 0.2) is 0 Å². The van der Waals surface area contributed by atoms with Crippen LogP contribution in [-0.4, -0.2) is 20.7 Å². The monoisotopic (exact) mass is 304 g/mol. The summed E-state index contributed by atoms with van der Waals surface area (Å²) in [4.78, 5) is 28.4. The lowest BCUT2D eigenvalue weighted by Crippen LogP contribution is -2.33. The molecule has 1 aliphatic carbocycles. The number of aryl methyl sites for hydroxylation is 3. The number of rotatable bonds is 3. The molecule has 0 radical (unpaired) electrons. The Kier molecular flexibility index (Phi) is 3.59. The van der Waals surface area contributed by atoms with Gasteiger partial charge in [-0.25, -0.2) is 9.67 Å². The Labute approximate surface area is 125 Å². The number of anilines is 1. The molecule has 0 saturated carbocycles. The van der Waals surface area contributed by atoms with Crippen molar-refractivity contribution in [1.29, 1.82) is 0 Å². The quantitative estimate of drug-likeness (QED) is 0.936. The van der Waals surface area contributed by atoms with Crippen molar-refractivity contribution in [3.05, 3.63) is 38.9 Å². The molecule has 0 fully saturated rings. The van der Waals surface area contributed by atoms with Gasteiger partial charge < -0.3 is 5.32 Å². The van der Waals surface area contributed by atoms with E-state index in [1.807, 2.05) is 6.92 Å². The van der Waals surface area contributed by atoms with Crippen LogP contribution in [-0.2, 0) is 17.6 Å². The normalized spacial score (nSPS) is 14.8. The molecule has 0 spiro atoms. The summed E-state index contributed by atoms with van der Waals surface area (Å²) in [5.41, 5.74) is 1.73. The third-order valence-corrected chi connectivity index (χ3v) is 4.42. The van der Waals surface area contributed by atoms with E-state index in [1.54, 1.807) is 19.2 Å². The third kappa shape index (κ3) is 2.73. The van der Waals surface area contributed by atoms with E-state index in [1.165, 1.54) is 16.0 Å². The maximum absolute atomic E-state index is 12.2. The van der Waals surface area contributed by atoms with Crippen LogP contribution in [0.25, 0.3) is 0 Å². The van der Waals surface area contributed by atoms with Crippen LogP contribution < -0.4 is 10.9 Å². The van der Waals surface area contributed by atoms with Crippen molar-refractivity contribution in [3.63, 3.8) is 0 Å². The lowest BCUT2D eigenvalue weighted by molar-refractivity contribution is -0.119. The van der Waals surface area contributed by atoms with Crippen LogP contribution in [0.4, 0.5) is 5.00 Å². The molecule has 0 saturated heterocycles. The summed E-state index contributed by atoms with van der Waals surface area (Å²) in [6.45, 7) is 3.55. The van der Waals surface area contributed by atoms with Gasteiger partial charge in [0.05, 0.1) is 16.9 Å². The van der Waals surface area contributed by atoms with Crippen LogP contribution in [0, 0.1) is 6.92 Å². The number of thiazole rings is 1. The number of hydrogen-bond acceptors (Lipinski definition) is 5. The Morgan fingerprint density at radius 1 is 1.48 bits per heavy atom. The van der Waals surface area contributed by atoms with Gasteiger partial charge in [0.2, 0.25) is 5.91 Å². The maximum Gasteiger partial charge on any atom is 0.267 e. The van der Waals surface area contributed by atoms with Crippen molar-refractivity contribution in [2.45, 2.75) is 39.2 Å². The molecule has 1 amide bonds. The van der Waals surface area contributed by atoms with Crippen LogP contribution in [0.5, 0.6) is 0 Å². The summed E-state index contributed by atoms with van der Waals surface area (Å²) in [5, 5.41) is 8.68. The van der Waals surface area contributed by atoms with Crippen LogP contribution in [0.15, 0.2) is 17.1 Å². The Morgan fingerprint density at radius 2 is 2.29 bits per heavy atom. The van der Waals surface area contributed by atoms with Crippen molar-refractivity contribution in [1.82, 2.24) is 14.8 Å². The first-order chi connectivity index (χ1) is 10.0. The number of amides is 1. The molecule has 0 bridgehead atoms. The van der Waals surface area contributed by atoms with Gasteiger partial charge in [-0.3, -0.25) is 9.59 Å². The van der Waals surface area contributed by atoms with E-state index in [0.717, 1.165) is 35.5 Å². The molecule has 6 nitrogen and oxygen atoms in total. The second-order valence-corrected chi connectivity index (χ2v) is 6.40. The first kappa shape index (κ1) is 13.9. The van der Waals surface area contributed by atoms with E-state index >= 15 is 0 Å². The highest BCUT2D eigenvalue weighted by Gasteiger charge is 2.21. The SMILES string of the molecule is Cc1ncc(NC(=O)[C@H](C)n2nc3c(cc2=O)CCC3)s1. The van der Waals surface area contributed by atoms with E-state index in [4.69, 9.17) is 0 Å². The van der Waals surface area contributed by atoms with Crippen LogP contribution in [0.3, 0.4) is 0 Å². The van der Waals surface area contributed by atoms with Gasteiger partial charge in [0.1, 0.15) is 11.0 Å². The fraction of sp³-hybridized carbons (Fsp3) is 0.429. The summed E-state index contributed by atoms with van der Waals surface area (Å²) in [6.07, 6.45) is 4.41. The molecule has 110 valence electrons. The lowest BCUT2D eigenvalue weighted by atomic mass is 10.2. The predicted octanol–water partition coefficient (Wildman–Crippen LogP) is 1.70. The van der Waals surface area contributed by atoms with Crippen molar-refractivity contribution in [2.24, 2.45) is 0 Å². The number of nitrogens with zero attached hydrogens (tertiary/aromatic N) is 3. The molecular formula is C14H16N4O2S. The van der Waals surface area contributed by atoms with Gasteiger partial charge in [-0.15, -0.1) is 11.3 Å². The fourth-order valence-corrected chi connectivity index (χ4v) is 3.13. The number of aromatic nitrogens is 3. The lowest BCUT2D eigenvalue weighted by Gasteiger charge is -2.14. The third-order valence-electron chi connectivity index (χ3n) is 3.60. The smallest absolute Gasteiger partial charge is 0.267 e. The highest BCUT2D eigenvalue weighted by molar-refractivity contribution is 7.15. The van der Waals surface area contributed by atoms with Crippen LogP contribution in [0.1, 0.15) is 35.7 Å². The summed E-state index contributed by atoms with van der Waals surface area (Å²) in [5.74, 6) is -0.258. The molecule has 0 aromatic carbocycles. The van der Waals surface area contributed by atoms with Crippen molar-refractivity contribution in [2.75, 3.05) is 5.32 Å². The van der Waals surface area contributed by atoms with E-state index in [0.29, 0.717) is 5.00 Å². The van der Waals surface area contributed by atoms with Gasteiger partial charge in [0.25, 0.3) is 5.56 Å². The molecule has 1 N–H and O–H groups in total. The van der Waals surface area contributed by atoms with Gasteiger partial charge in [0, 0.05) is 6.07 Å². The zero-order valence-corrected chi connectivity index (χ0v) is 12.7. The minimum absolute atomic E-state index is 0.223. The zero-order valence-electron chi connectivity index (χ0n) is 11.9. The van der Waals surface area contributed by atoms with Gasteiger partial charge in [-0.1, -0.05) is 0 Å². The molecule has 1 aliphatic rings. The molecule has 2 aromatic heterocycles. The molecule has 2 heterocycles. The predicted molar refractivity (Wildman–Crippen MR) is 80.7 cm³/mol. The average molecular weight is 304 g/mol. The number of hydrogen-bond donors (Lipinski definition) is 1. The number of carbonyl (C=O) groups excluding carboxylic acids is 1. The largest absolute Gasteiger partial charge is 0.315 e. The van der Waals surface area contributed by atoms with E-state index in [-0.39, 0.29) is 11.5 Å². The summed E-state index contributed by atoms with van der Waals surface area (Å²) in [7, 11) is 0. The molecule has 1 atom stereocenters. The number of carbonyl (C=O) groups is 1. The van der Waals surface area contributed by atoms with E-state index in [2.05, 4.69) is 15.4 Å². The minimum atomic E-state index is -0.647. The zero-order chi connectivity index (χ0) is 15.0. The van der Waals surface area contributed by atoms with Crippen molar-refractivity contribution in [3.8, 4) is 0 Å². The summed E-state index contributed by atoms with van der Waals surface area (Å²) >= 11 is 1.40. The second-order valence-electron chi connectivity index (χ2n) is 5.16. The first-order valence-electron chi connectivity index (χ1n) is 6.89. The van der Waals surface area contributed by atoms with Gasteiger partial charge in [-0.05, 0) is 38.7 Å². The minimum Gasteiger partial charge on any atom is -0.315 e. The summed E-state index contributed by atoms with van der Waals surface area (Å²) < 4.78 is 1.27. The first-order valence-corrected chi connectivity index (χ1v) is 7.71. The molecule has 0 unspecified atom stereocenters. The highest BCUT2D eigenvalue weighted by Crippen LogP contribution is 2.20. The average Bonchev–Trinajstić information content (AvgIpc) is 3.05. The topological polar surface area (TPSA) is 76.9 Å². The van der Waals surface area contributed by atoms with Gasteiger partial charge in [-0.2, -0.15) is 5.10 Å². The molecule has 3 rings (SSSR count). The fourth-order valence-electron chi connectivity index (χ4n) is 2.45. The molecule has 21 heavy (non-hydrogen) atoms. The Hall–Kier alpha value is -2.02. The molecule has 7 heteroatoms. The second kappa shape index (κ2) is 5.40. The van der Waals surface area contributed by atoms with Crippen LogP contribution in [0.2, 0.25) is 0 Å². The van der Waals surface area contributed by atoms with Crippen molar-refractivity contribution < 1.29 is 4.79 Å². The van der Waals surface area contributed by atoms with Gasteiger partial charge >= 0.3 is 0 Å². The molecule has 0 aliphatic heterocycles. The maximum atomic E-state index is 12.2. The Bertz CT molecular complexity index is 750. The van der Waals surface area contributed by atoms with Crippen molar-refractivity contribution >= 4 is 22.2 Å². The summed E-state index contributed by atoms with van der Waals surface area (Å²) in [6, 6.07) is 0.960. The van der Waals surface area contributed by atoms with E-state index in [9.17, 15) is 9.59 Å². The highest BCUT2D eigenvalue weighted by atomic mass is 32.1. The Morgan fingerprint density at radius 3 is 3.00 bits per heavy atom. The standard InChI is InChI=1S/C14H16N4O2S/c1-8(14(20)16-12-7-15-9(2)21-12)18-13(19)6-10-4-3-5-11(10)17-18/h6-8H,3-5H2,1-2H3,(H,16,20)/t8-/m0/s1. The molecule has 2 aromatic rings. The van der Waals surface area contributed by atoms with E-state index < -0.39 is 6.04 Å². The Balaban J connectivity index is 1.83. The number of fused-ring (bicyclic) bond motifs is 1. The van der Waals surface area contributed by atoms with Crippen LogP contribution >= 0.6 is 11.3 Å². The molecular weight excluding hydrogens is 288 g/mol.